The highest BCUT2D eigenvalue weighted by atomic mass is 16.6. The van der Waals surface area contributed by atoms with E-state index in [9.17, 15) is 5.11 Å². The third-order valence-corrected chi connectivity index (χ3v) is 6.42. The quantitative estimate of drug-likeness (QED) is 0.689. The molecule has 31 heavy (non-hydrogen) atoms. The van der Waals surface area contributed by atoms with Crippen LogP contribution in [0.3, 0.4) is 0 Å². The van der Waals surface area contributed by atoms with E-state index < -0.39 is 0 Å². The molecule has 1 N–H and O–H groups in total. The van der Waals surface area contributed by atoms with Crippen molar-refractivity contribution in [3.05, 3.63) is 54.1 Å². The number of aliphatic hydroxyl groups is 1. The minimum absolute atomic E-state index is 0.188. The predicted molar refractivity (Wildman–Crippen MR) is 125 cm³/mol. The standard InChI is InChI=1S/C26H36N2O3/c1-20(2)19-24(29)22(21-7-4-3-5-8-21)11-12-27-13-15-28(16-14-27)23-9-6-10-25-26(23)31-18-17-30-25/h3-10,20,22,24,29H,11-19H2,1-2H3. The summed E-state index contributed by atoms with van der Waals surface area (Å²) >= 11 is 0. The van der Waals surface area contributed by atoms with Gasteiger partial charge in [0.1, 0.15) is 13.2 Å². The lowest BCUT2D eigenvalue weighted by Crippen LogP contribution is -2.47. The van der Waals surface area contributed by atoms with Gasteiger partial charge in [-0.15, -0.1) is 0 Å². The van der Waals surface area contributed by atoms with Gasteiger partial charge in [0, 0.05) is 32.1 Å². The van der Waals surface area contributed by atoms with Crippen LogP contribution in [0.4, 0.5) is 5.69 Å². The van der Waals surface area contributed by atoms with Gasteiger partial charge in [-0.25, -0.2) is 0 Å². The summed E-state index contributed by atoms with van der Waals surface area (Å²) in [5, 5.41) is 10.9. The van der Waals surface area contributed by atoms with Crippen molar-refractivity contribution >= 4 is 5.69 Å². The van der Waals surface area contributed by atoms with Gasteiger partial charge in [0.05, 0.1) is 11.8 Å². The smallest absolute Gasteiger partial charge is 0.184 e. The Kier molecular flexibility index (Phi) is 7.36. The average Bonchev–Trinajstić information content (AvgIpc) is 2.79. The Morgan fingerprint density at radius 3 is 2.39 bits per heavy atom. The summed E-state index contributed by atoms with van der Waals surface area (Å²) in [7, 11) is 0. The molecule has 0 radical (unpaired) electrons. The summed E-state index contributed by atoms with van der Waals surface area (Å²) in [5.41, 5.74) is 2.40. The Hall–Kier alpha value is -2.24. The highest BCUT2D eigenvalue weighted by Gasteiger charge is 2.26. The monoisotopic (exact) mass is 424 g/mol. The van der Waals surface area contributed by atoms with Gasteiger partial charge in [0.2, 0.25) is 0 Å². The van der Waals surface area contributed by atoms with Crippen LogP contribution >= 0.6 is 0 Å². The molecule has 2 aliphatic heterocycles. The molecule has 2 unspecified atom stereocenters. The lowest BCUT2D eigenvalue weighted by atomic mass is 9.86. The van der Waals surface area contributed by atoms with Crippen molar-refractivity contribution < 1.29 is 14.6 Å². The van der Waals surface area contributed by atoms with E-state index >= 15 is 0 Å². The van der Waals surface area contributed by atoms with Crippen LogP contribution in [0.25, 0.3) is 0 Å². The zero-order valence-corrected chi connectivity index (χ0v) is 18.9. The van der Waals surface area contributed by atoms with E-state index in [2.05, 4.69) is 60.0 Å². The molecule has 0 bridgehead atoms. The van der Waals surface area contributed by atoms with Crippen molar-refractivity contribution in [2.24, 2.45) is 5.92 Å². The van der Waals surface area contributed by atoms with Gasteiger partial charge in [0.15, 0.2) is 11.5 Å². The number of benzene rings is 2. The number of ether oxygens (including phenoxy) is 2. The minimum Gasteiger partial charge on any atom is -0.486 e. The van der Waals surface area contributed by atoms with Gasteiger partial charge in [-0.2, -0.15) is 0 Å². The van der Waals surface area contributed by atoms with Crippen molar-refractivity contribution in [3.8, 4) is 11.5 Å². The Morgan fingerprint density at radius 2 is 1.65 bits per heavy atom. The normalized spacial score (nSPS) is 18.8. The van der Waals surface area contributed by atoms with Crippen LogP contribution in [0.5, 0.6) is 11.5 Å². The number of anilines is 1. The fourth-order valence-electron chi connectivity index (χ4n) is 4.77. The van der Waals surface area contributed by atoms with Crippen LogP contribution in [-0.4, -0.2) is 62.0 Å². The third kappa shape index (κ3) is 5.52. The molecule has 0 spiro atoms. The molecule has 5 heteroatoms. The second-order valence-corrected chi connectivity index (χ2v) is 9.13. The second kappa shape index (κ2) is 10.4. The number of piperazine rings is 1. The zero-order valence-electron chi connectivity index (χ0n) is 18.9. The highest BCUT2D eigenvalue weighted by molar-refractivity contribution is 5.65. The van der Waals surface area contributed by atoms with Crippen LogP contribution in [0, 0.1) is 5.92 Å². The van der Waals surface area contributed by atoms with Crippen LogP contribution in [0.15, 0.2) is 48.5 Å². The van der Waals surface area contributed by atoms with Gasteiger partial charge in [-0.05, 0) is 43.0 Å². The number of aliphatic hydroxyl groups excluding tert-OH is 1. The number of nitrogens with zero attached hydrogens (tertiary/aromatic N) is 2. The van der Waals surface area contributed by atoms with Crippen molar-refractivity contribution in [2.45, 2.75) is 38.7 Å². The van der Waals surface area contributed by atoms with Crippen molar-refractivity contribution in [3.63, 3.8) is 0 Å². The third-order valence-electron chi connectivity index (χ3n) is 6.42. The molecule has 0 aliphatic carbocycles. The van der Waals surface area contributed by atoms with E-state index in [4.69, 9.17) is 9.47 Å². The fraction of sp³-hybridized carbons (Fsp3) is 0.538. The van der Waals surface area contributed by atoms with Gasteiger partial charge >= 0.3 is 0 Å². The number of fused-ring (bicyclic) bond motifs is 1. The van der Waals surface area contributed by atoms with Crippen LogP contribution in [0.1, 0.15) is 38.2 Å². The number of para-hydroxylation sites is 1. The first kappa shape index (κ1) is 22.0. The summed E-state index contributed by atoms with van der Waals surface area (Å²) in [5.74, 6) is 2.43. The summed E-state index contributed by atoms with van der Waals surface area (Å²) in [4.78, 5) is 4.94. The van der Waals surface area contributed by atoms with E-state index in [1.54, 1.807) is 0 Å². The van der Waals surface area contributed by atoms with E-state index in [0.29, 0.717) is 19.1 Å². The zero-order chi connectivity index (χ0) is 21.6. The van der Waals surface area contributed by atoms with Crippen molar-refractivity contribution in [1.82, 2.24) is 4.90 Å². The van der Waals surface area contributed by atoms with Crippen LogP contribution < -0.4 is 14.4 Å². The lowest BCUT2D eigenvalue weighted by Gasteiger charge is -2.38. The molecule has 168 valence electrons. The molecule has 2 atom stereocenters. The molecule has 1 fully saturated rings. The SMILES string of the molecule is CC(C)CC(O)C(CCN1CCN(c2cccc3c2OCCO3)CC1)c1ccccc1. The predicted octanol–water partition coefficient (Wildman–Crippen LogP) is 4.16. The molecule has 2 heterocycles. The summed E-state index contributed by atoms with van der Waals surface area (Å²) < 4.78 is 11.7. The molecule has 5 nitrogen and oxygen atoms in total. The molecular weight excluding hydrogens is 388 g/mol. The molecule has 0 saturated carbocycles. The van der Waals surface area contributed by atoms with E-state index in [1.807, 2.05) is 12.1 Å². The first-order valence-electron chi connectivity index (χ1n) is 11.7. The Morgan fingerprint density at radius 1 is 0.903 bits per heavy atom. The second-order valence-electron chi connectivity index (χ2n) is 9.13. The van der Waals surface area contributed by atoms with Gasteiger partial charge in [-0.1, -0.05) is 50.2 Å². The molecular formula is C26H36N2O3. The molecule has 2 aromatic rings. The van der Waals surface area contributed by atoms with Gasteiger partial charge in [-0.3, -0.25) is 4.90 Å². The number of hydrogen-bond donors (Lipinski definition) is 1. The average molecular weight is 425 g/mol. The maximum atomic E-state index is 10.9. The molecule has 0 aromatic heterocycles. The molecule has 0 amide bonds. The first-order chi connectivity index (χ1) is 15.1. The lowest BCUT2D eigenvalue weighted by molar-refractivity contribution is 0.108. The topological polar surface area (TPSA) is 45.2 Å². The Bertz CT molecular complexity index is 819. The number of hydrogen-bond acceptors (Lipinski definition) is 5. The molecule has 1 saturated heterocycles. The molecule has 4 rings (SSSR count). The molecule has 2 aliphatic rings. The first-order valence-corrected chi connectivity index (χ1v) is 11.7. The minimum atomic E-state index is -0.295. The van der Waals surface area contributed by atoms with E-state index in [1.165, 1.54) is 5.56 Å². The Balaban J connectivity index is 1.35. The highest BCUT2D eigenvalue weighted by Crippen LogP contribution is 2.39. The largest absolute Gasteiger partial charge is 0.486 e. The summed E-state index contributed by atoms with van der Waals surface area (Å²) in [6.45, 7) is 10.6. The van der Waals surface area contributed by atoms with Gasteiger partial charge < -0.3 is 19.5 Å². The maximum Gasteiger partial charge on any atom is 0.184 e. The fourth-order valence-corrected chi connectivity index (χ4v) is 4.77. The van der Waals surface area contributed by atoms with Crippen molar-refractivity contribution in [1.29, 1.82) is 0 Å². The summed E-state index contributed by atoms with van der Waals surface area (Å²) in [6.07, 6.45) is 1.53. The maximum absolute atomic E-state index is 10.9. The van der Waals surface area contributed by atoms with Gasteiger partial charge in [0.25, 0.3) is 0 Å². The Labute approximate surface area is 186 Å². The summed E-state index contributed by atoms with van der Waals surface area (Å²) in [6, 6.07) is 16.7. The molecule has 2 aromatic carbocycles. The van der Waals surface area contributed by atoms with Crippen LogP contribution in [0.2, 0.25) is 0 Å². The van der Waals surface area contributed by atoms with Crippen molar-refractivity contribution in [2.75, 3.05) is 50.8 Å². The van der Waals surface area contributed by atoms with Crippen LogP contribution in [-0.2, 0) is 0 Å². The van der Waals surface area contributed by atoms with E-state index in [0.717, 1.165) is 62.8 Å². The van der Waals surface area contributed by atoms with E-state index in [-0.39, 0.29) is 12.0 Å². The number of rotatable bonds is 8.